The van der Waals surface area contributed by atoms with Crippen LogP contribution in [-0.4, -0.2) is 71.5 Å². The molecule has 0 aromatic heterocycles. The molecule has 0 aliphatic heterocycles. The molecule has 0 fully saturated rings. The van der Waals surface area contributed by atoms with Gasteiger partial charge in [0.05, 0.1) is 18.7 Å². The van der Waals surface area contributed by atoms with Gasteiger partial charge in [-0.15, -0.1) is 0 Å². The number of hydrogen-bond acceptors (Lipinski definition) is 8. The van der Waals surface area contributed by atoms with Crippen molar-refractivity contribution in [2.45, 2.75) is 84.2 Å². The topological polar surface area (TPSA) is 189 Å². The maximum absolute atomic E-state index is 13.4. The lowest BCUT2D eigenvalue weighted by atomic mass is 10.0. The zero-order valence-electron chi connectivity index (χ0n) is 26.0. The first-order chi connectivity index (χ1) is 20.7. The third-order valence-corrected chi connectivity index (χ3v) is 6.50. The van der Waals surface area contributed by atoms with Crippen molar-refractivity contribution >= 4 is 29.6 Å². The van der Waals surface area contributed by atoms with E-state index in [1.54, 1.807) is 38.1 Å². The highest BCUT2D eigenvalue weighted by Crippen LogP contribution is 2.12. The van der Waals surface area contributed by atoms with Crippen molar-refractivity contribution in [2.75, 3.05) is 6.54 Å². The third kappa shape index (κ3) is 12.8. The van der Waals surface area contributed by atoms with E-state index >= 15 is 0 Å². The Morgan fingerprint density at radius 1 is 0.750 bits per heavy atom. The average Bonchev–Trinajstić information content (AvgIpc) is 2.96. The van der Waals surface area contributed by atoms with Crippen molar-refractivity contribution in [1.29, 1.82) is 0 Å². The first-order valence-electron chi connectivity index (χ1n) is 14.7. The van der Waals surface area contributed by atoms with Crippen LogP contribution in [0, 0.1) is 5.92 Å². The number of benzene rings is 2. The van der Waals surface area contributed by atoms with Crippen molar-refractivity contribution in [3.63, 3.8) is 0 Å². The van der Waals surface area contributed by atoms with Crippen LogP contribution in [0.1, 0.15) is 52.2 Å². The lowest BCUT2D eigenvalue weighted by molar-refractivity contribution is -0.152. The van der Waals surface area contributed by atoms with Gasteiger partial charge in [0, 0.05) is 6.42 Å². The fraction of sp³-hybridized carbons (Fsp3) is 0.469. The van der Waals surface area contributed by atoms with Crippen molar-refractivity contribution in [1.82, 2.24) is 21.3 Å². The van der Waals surface area contributed by atoms with E-state index in [0.717, 1.165) is 11.1 Å². The van der Waals surface area contributed by atoms with Gasteiger partial charge in [0.2, 0.25) is 23.6 Å². The number of nitrogens with one attached hydrogen (secondary N) is 4. The van der Waals surface area contributed by atoms with Crippen LogP contribution in [0.25, 0.3) is 0 Å². The van der Waals surface area contributed by atoms with E-state index in [1.165, 1.54) is 19.1 Å². The van der Waals surface area contributed by atoms with E-state index in [2.05, 4.69) is 21.3 Å². The molecule has 12 nitrogen and oxygen atoms in total. The predicted molar refractivity (Wildman–Crippen MR) is 165 cm³/mol. The molecule has 0 radical (unpaired) electrons. The number of hydrogen-bond donors (Lipinski definition) is 6. The number of esters is 1. The molecule has 0 spiro atoms. The maximum atomic E-state index is 13.4. The van der Waals surface area contributed by atoms with Crippen LogP contribution in [0.15, 0.2) is 54.6 Å². The average molecular weight is 612 g/mol. The van der Waals surface area contributed by atoms with Gasteiger partial charge in [0.15, 0.2) is 0 Å². The molecule has 0 aliphatic carbocycles. The van der Waals surface area contributed by atoms with E-state index < -0.39 is 60.3 Å². The van der Waals surface area contributed by atoms with Crippen LogP contribution in [0.5, 0.6) is 5.75 Å². The minimum atomic E-state index is -1.04. The summed E-state index contributed by atoms with van der Waals surface area (Å²) < 4.78 is 5.32. The number of ether oxygens (including phenoxy) is 1. The number of carbonyl (C=O) groups excluding carboxylic acids is 5. The van der Waals surface area contributed by atoms with E-state index in [4.69, 9.17) is 10.5 Å². The highest BCUT2D eigenvalue weighted by molar-refractivity contribution is 5.94. The Kier molecular flexibility index (Phi) is 14.3. The molecule has 2 aromatic carbocycles. The summed E-state index contributed by atoms with van der Waals surface area (Å²) in [6.45, 7) is 8.27. The predicted octanol–water partition coefficient (Wildman–Crippen LogP) is 1.09. The number of phenols is 1. The van der Waals surface area contributed by atoms with Crippen LogP contribution in [-0.2, 0) is 41.6 Å². The first kappa shape index (κ1) is 35.7. The molecular weight excluding hydrogens is 566 g/mol. The summed E-state index contributed by atoms with van der Waals surface area (Å²) in [6.07, 6.45) is 0.327. The molecule has 0 saturated heterocycles. The molecule has 12 heteroatoms. The van der Waals surface area contributed by atoms with Crippen molar-refractivity contribution < 1.29 is 33.8 Å². The molecule has 4 amide bonds. The van der Waals surface area contributed by atoms with Gasteiger partial charge in [-0.05, 0) is 62.8 Å². The maximum Gasteiger partial charge on any atom is 0.328 e. The van der Waals surface area contributed by atoms with Gasteiger partial charge in [0.25, 0.3) is 0 Å². The summed E-state index contributed by atoms with van der Waals surface area (Å²) in [7, 11) is 0. The zero-order valence-corrected chi connectivity index (χ0v) is 26.0. The Hall–Kier alpha value is -4.45. The van der Waals surface area contributed by atoms with Crippen LogP contribution in [0.4, 0.5) is 0 Å². The SMILES string of the molecule is CC(C)CC(NC(=O)C(Cc1ccccc1)NC(=O)CNC(=O)C(C)NC(=O)C(N)Cc1ccc(O)cc1)C(=O)OC(C)C. The molecule has 44 heavy (non-hydrogen) atoms. The highest BCUT2D eigenvalue weighted by atomic mass is 16.5. The van der Waals surface area contributed by atoms with E-state index in [-0.39, 0.29) is 30.6 Å². The fourth-order valence-electron chi connectivity index (χ4n) is 4.26. The van der Waals surface area contributed by atoms with Gasteiger partial charge >= 0.3 is 5.97 Å². The minimum absolute atomic E-state index is 0.0854. The van der Waals surface area contributed by atoms with E-state index in [1.807, 2.05) is 32.0 Å². The van der Waals surface area contributed by atoms with E-state index in [0.29, 0.717) is 6.42 Å². The molecular formula is C32H45N5O7. The summed E-state index contributed by atoms with van der Waals surface area (Å²) in [5, 5.41) is 19.8. The summed E-state index contributed by atoms with van der Waals surface area (Å²) >= 11 is 0. The Labute approximate surface area is 258 Å². The number of phenolic OH excluding ortho intramolecular Hbond substituents is 1. The molecule has 240 valence electrons. The highest BCUT2D eigenvalue weighted by Gasteiger charge is 2.29. The monoisotopic (exact) mass is 611 g/mol. The summed E-state index contributed by atoms with van der Waals surface area (Å²) in [4.78, 5) is 64.0. The lowest BCUT2D eigenvalue weighted by Crippen LogP contribution is -2.55. The van der Waals surface area contributed by atoms with Gasteiger partial charge < -0.3 is 36.8 Å². The number of rotatable bonds is 16. The summed E-state index contributed by atoms with van der Waals surface area (Å²) in [5.41, 5.74) is 7.49. The Morgan fingerprint density at radius 3 is 1.95 bits per heavy atom. The molecule has 2 rings (SSSR count). The van der Waals surface area contributed by atoms with Gasteiger partial charge in [0.1, 0.15) is 23.9 Å². The molecule has 2 aromatic rings. The van der Waals surface area contributed by atoms with Crippen LogP contribution >= 0.6 is 0 Å². The number of amides is 4. The molecule has 0 bridgehead atoms. The second-order valence-corrected chi connectivity index (χ2v) is 11.4. The third-order valence-electron chi connectivity index (χ3n) is 6.50. The summed E-state index contributed by atoms with van der Waals surface area (Å²) in [6, 6.07) is 11.4. The van der Waals surface area contributed by atoms with Gasteiger partial charge in [-0.2, -0.15) is 0 Å². The van der Waals surface area contributed by atoms with Gasteiger partial charge in [-0.25, -0.2) is 4.79 Å². The Bertz CT molecular complexity index is 1250. The zero-order chi connectivity index (χ0) is 32.8. The number of nitrogens with two attached hydrogens (primary N) is 1. The largest absolute Gasteiger partial charge is 0.508 e. The second kappa shape index (κ2) is 17.6. The standard InChI is InChI=1S/C32H45N5O7/c1-19(2)15-27(32(43)44-20(3)4)37-31(42)26(17-22-9-7-6-8-10-22)36-28(39)18-34-29(40)21(5)35-30(41)25(33)16-23-11-13-24(38)14-12-23/h6-14,19-21,25-27,38H,15-18,33H2,1-5H3,(H,34,40)(H,35,41)(H,36,39)(H,37,42). The number of carbonyl (C=O) groups is 5. The normalized spacial score (nSPS) is 13.7. The molecule has 4 unspecified atom stereocenters. The van der Waals surface area contributed by atoms with Gasteiger partial charge in [-0.1, -0.05) is 56.3 Å². The quantitative estimate of drug-likeness (QED) is 0.152. The lowest BCUT2D eigenvalue weighted by Gasteiger charge is -2.24. The molecule has 7 N–H and O–H groups in total. The Balaban J connectivity index is 1.99. The fourth-order valence-corrected chi connectivity index (χ4v) is 4.26. The summed E-state index contributed by atoms with van der Waals surface area (Å²) in [5.74, 6) is -2.76. The molecule has 0 saturated carbocycles. The smallest absolute Gasteiger partial charge is 0.328 e. The molecule has 0 heterocycles. The minimum Gasteiger partial charge on any atom is -0.508 e. The Morgan fingerprint density at radius 2 is 1.36 bits per heavy atom. The van der Waals surface area contributed by atoms with Crippen LogP contribution < -0.4 is 27.0 Å². The first-order valence-corrected chi connectivity index (χ1v) is 14.7. The van der Waals surface area contributed by atoms with Crippen molar-refractivity contribution in [3.05, 3.63) is 65.7 Å². The van der Waals surface area contributed by atoms with Crippen LogP contribution in [0.3, 0.4) is 0 Å². The molecule has 0 aliphatic rings. The van der Waals surface area contributed by atoms with Crippen molar-refractivity contribution in [3.8, 4) is 5.75 Å². The molecule has 4 atom stereocenters. The number of aromatic hydroxyl groups is 1. The van der Waals surface area contributed by atoms with Crippen LogP contribution in [0.2, 0.25) is 0 Å². The van der Waals surface area contributed by atoms with Gasteiger partial charge in [-0.3, -0.25) is 19.2 Å². The second-order valence-electron chi connectivity index (χ2n) is 11.4. The van der Waals surface area contributed by atoms with E-state index in [9.17, 15) is 29.1 Å². The van der Waals surface area contributed by atoms with Crippen molar-refractivity contribution in [2.24, 2.45) is 11.7 Å².